The van der Waals surface area contributed by atoms with Crippen LogP contribution in [0.4, 0.5) is 0 Å². The van der Waals surface area contributed by atoms with Gasteiger partial charge in [0.25, 0.3) is 0 Å². The third-order valence-corrected chi connectivity index (χ3v) is 7.05. The van der Waals surface area contributed by atoms with E-state index in [4.69, 9.17) is 4.74 Å². The zero-order valence-corrected chi connectivity index (χ0v) is 22.3. The van der Waals surface area contributed by atoms with E-state index in [1.165, 1.54) is 10.5 Å². The van der Waals surface area contributed by atoms with Crippen molar-refractivity contribution < 1.29 is 19.4 Å². The van der Waals surface area contributed by atoms with Gasteiger partial charge in [-0.25, -0.2) is 4.79 Å². The van der Waals surface area contributed by atoms with Crippen LogP contribution in [-0.2, 0) is 22.4 Å². The van der Waals surface area contributed by atoms with E-state index in [1.807, 2.05) is 78.9 Å². The van der Waals surface area contributed by atoms with Crippen molar-refractivity contribution in [3.63, 3.8) is 0 Å². The highest BCUT2D eigenvalue weighted by molar-refractivity contribution is 5.83. The average Bonchev–Trinajstić information content (AvgIpc) is 2.98. The van der Waals surface area contributed by atoms with E-state index in [-0.39, 0.29) is 24.7 Å². The highest BCUT2D eigenvalue weighted by Crippen LogP contribution is 2.29. The number of nitrogens with zero attached hydrogens (tertiary/aromatic N) is 1. The van der Waals surface area contributed by atoms with Gasteiger partial charge in [0.1, 0.15) is 11.8 Å². The zero-order chi connectivity index (χ0) is 27.5. The maximum absolute atomic E-state index is 13.2. The molecule has 4 aromatic rings. The van der Waals surface area contributed by atoms with Crippen molar-refractivity contribution in [1.29, 1.82) is 0 Å². The second kappa shape index (κ2) is 14.0. The van der Waals surface area contributed by atoms with Crippen molar-refractivity contribution in [3.8, 4) is 5.75 Å². The van der Waals surface area contributed by atoms with Gasteiger partial charge >= 0.3 is 5.97 Å². The monoisotopic (exact) mass is 521 g/mol. The summed E-state index contributed by atoms with van der Waals surface area (Å²) in [6.07, 6.45) is 1.89. The average molecular weight is 522 g/mol. The van der Waals surface area contributed by atoms with Gasteiger partial charge in [-0.2, -0.15) is 0 Å². The maximum Gasteiger partial charge on any atom is 0.326 e. The standard InChI is InChI=1S/C34H35NO4/c1-35(33(36)22-21-31(28-13-7-3-8-14-28)29-15-9-4-10-16-29)32(34(37)38)25-27-17-19-30(20-18-27)39-24-23-26-11-5-2-6-12-26/h2-20,31-32H,21-25H2,1H3,(H,37,38). The van der Waals surface area contributed by atoms with Crippen LogP contribution in [0.5, 0.6) is 5.75 Å². The molecule has 0 fully saturated rings. The van der Waals surface area contributed by atoms with Crippen LogP contribution in [0, 0.1) is 0 Å². The first kappa shape index (κ1) is 27.6. The highest BCUT2D eigenvalue weighted by atomic mass is 16.5. The van der Waals surface area contributed by atoms with Gasteiger partial charge in [0.15, 0.2) is 0 Å². The quantitative estimate of drug-likeness (QED) is 0.222. The number of carboxylic acid groups (broad SMARTS) is 1. The number of carbonyl (C=O) groups excluding carboxylic acids is 1. The Kier molecular flexibility index (Phi) is 9.90. The van der Waals surface area contributed by atoms with E-state index in [0.717, 1.165) is 28.9 Å². The number of carboxylic acids is 1. The molecule has 1 atom stereocenters. The molecular formula is C34H35NO4. The third kappa shape index (κ3) is 8.05. The Hall–Kier alpha value is -4.38. The minimum Gasteiger partial charge on any atom is -0.493 e. The first-order valence-corrected chi connectivity index (χ1v) is 13.4. The van der Waals surface area contributed by atoms with Gasteiger partial charge in [-0.3, -0.25) is 4.79 Å². The minimum atomic E-state index is -1.02. The smallest absolute Gasteiger partial charge is 0.326 e. The molecule has 1 amide bonds. The predicted octanol–water partition coefficient (Wildman–Crippen LogP) is 6.37. The Balaban J connectivity index is 1.34. The Labute approximate surface area is 230 Å². The van der Waals surface area contributed by atoms with Crippen LogP contribution in [0.1, 0.15) is 41.0 Å². The molecule has 1 N–H and O–H groups in total. The van der Waals surface area contributed by atoms with E-state index < -0.39 is 12.0 Å². The van der Waals surface area contributed by atoms with Crippen molar-refractivity contribution in [2.45, 2.75) is 37.6 Å². The van der Waals surface area contributed by atoms with Gasteiger partial charge in [0.2, 0.25) is 5.91 Å². The van der Waals surface area contributed by atoms with E-state index >= 15 is 0 Å². The number of likely N-dealkylation sites (N-methyl/N-ethyl adjacent to an activating group) is 1. The van der Waals surface area contributed by atoms with Crippen LogP contribution >= 0.6 is 0 Å². The summed E-state index contributed by atoms with van der Waals surface area (Å²) in [6.45, 7) is 0.561. The lowest BCUT2D eigenvalue weighted by Gasteiger charge is -2.26. The molecule has 1 unspecified atom stereocenters. The molecule has 200 valence electrons. The van der Waals surface area contributed by atoms with Gasteiger partial charge in [-0.15, -0.1) is 0 Å². The van der Waals surface area contributed by atoms with Crippen molar-refractivity contribution in [1.82, 2.24) is 4.90 Å². The molecule has 39 heavy (non-hydrogen) atoms. The first-order valence-electron chi connectivity index (χ1n) is 13.4. The fourth-order valence-electron chi connectivity index (χ4n) is 4.78. The number of rotatable bonds is 13. The zero-order valence-electron chi connectivity index (χ0n) is 22.3. The minimum absolute atomic E-state index is 0.0578. The molecule has 0 bridgehead atoms. The molecule has 0 saturated heterocycles. The van der Waals surface area contributed by atoms with E-state index in [2.05, 4.69) is 36.4 Å². The van der Waals surface area contributed by atoms with Crippen LogP contribution in [-0.4, -0.2) is 41.6 Å². The summed E-state index contributed by atoms with van der Waals surface area (Å²) in [4.78, 5) is 26.7. The lowest BCUT2D eigenvalue weighted by Crippen LogP contribution is -2.43. The summed E-state index contributed by atoms with van der Waals surface area (Å²) < 4.78 is 5.85. The lowest BCUT2D eigenvalue weighted by molar-refractivity contribution is -0.149. The Bertz CT molecular complexity index is 1270. The second-order valence-corrected chi connectivity index (χ2v) is 9.70. The summed E-state index contributed by atoms with van der Waals surface area (Å²) in [5.74, 6) is -0.404. The number of benzene rings is 4. The van der Waals surface area contributed by atoms with E-state index in [0.29, 0.717) is 13.0 Å². The number of amides is 1. The molecule has 0 radical (unpaired) electrons. The molecule has 5 heteroatoms. The number of ether oxygens (including phenoxy) is 1. The van der Waals surface area contributed by atoms with E-state index in [9.17, 15) is 14.7 Å². The second-order valence-electron chi connectivity index (χ2n) is 9.70. The third-order valence-electron chi connectivity index (χ3n) is 7.05. The summed E-state index contributed by atoms with van der Waals surface area (Å²) in [5, 5.41) is 9.95. The lowest BCUT2D eigenvalue weighted by atomic mass is 9.87. The summed E-state index contributed by atoms with van der Waals surface area (Å²) in [5.41, 5.74) is 4.33. The van der Waals surface area contributed by atoms with Gasteiger partial charge in [0.05, 0.1) is 6.61 Å². The topological polar surface area (TPSA) is 66.8 Å². The van der Waals surface area contributed by atoms with Gasteiger partial charge in [0, 0.05) is 32.2 Å². The van der Waals surface area contributed by atoms with Crippen molar-refractivity contribution in [2.75, 3.05) is 13.7 Å². The maximum atomic E-state index is 13.2. The SMILES string of the molecule is CN(C(=O)CCC(c1ccccc1)c1ccccc1)C(Cc1ccc(OCCc2ccccc2)cc1)C(=O)O. The predicted molar refractivity (Wildman–Crippen MR) is 154 cm³/mol. The first-order chi connectivity index (χ1) is 19.0. The van der Waals surface area contributed by atoms with Crippen LogP contribution in [0.15, 0.2) is 115 Å². The van der Waals surface area contributed by atoms with Crippen LogP contribution < -0.4 is 4.74 Å². The molecule has 5 nitrogen and oxygen atoms in total. The van der Waals surface area contributed by atoms with E-state index in [1.54, 1.807) is 7.05 Å². The number of hydrogen-bond donors (Lipinski definition) is 1. The van der Waals surface area contributed by atoms with Crippen LogP contribution in [0.3, 0.4) is 0 Å². The van der Waals surface area contributed by atoms with Crippen LogP contribution in [0.25, 0.3) is 0 Å². The fourth-order valence-corrected chi connectivity index (χ4v) is 4.78. The van der Waals surface area contributed by atoms with Gasteiger partial charge < -0.3 is 14.7 Å². The highest BCUT2D eigenvalue weighted by Gasteiger charge is 2.27. The molecule has 4 aromatic carbocycles. The summed E-state index contributed by atoms with van der Waals surface area (Å²) in [7, 11) is 1.59. The molecule has 0 aliphatic rings. The van der Waals surface area contributed by atoms with Crippen LogP contribution in [0.2, 0.25) is 0 Å². The number of carbonyl (C=O) groups is 2. The Morgan fingerprint density at radius 2 is 1.28 bits per heavy atom. The summed E-state index contributed by atoms with van der Waals surface area (Å²) >= 11 is 0. The van der Waals surface area contributed by atoms with Crippen molar-refractivity contribution in [3.05, 3.63) is 138 Å². The normalized spacial score (nSPS) is 11.6. The fraction of sp³-hybridized carbons (Fsp3) is 0.235. The molecule has 0 spiro atoms. The molecule has 0 heterocycles. The van der Waals surface area contributed by atoms with Gasteiger partial charge in [-0.1, -0.05) is 103 Å². The number of aliphatic carboxylic acids is 1. The molecule has 0 saturated carbocycles. The Morgan fingerprint density at radius 1 is 0.744 bits per heavy atom. The molecule has 4 rings (SSSR count). The molecule has 0 aliphatic carbocycles. The van der Waals surface area contributed by atoms with Gasteiger partial charge in [-0.05, 0) is 40.8 Å². The summed E-state index contributed by atoms with van der Waals surface area (Å²) in [6, 6.07) is 36.9. The van der Waals surface area contributed by atoms with Crippen molar-refractivity contribution >= 4 is 11.9 Å². The largest absolute Gasteiger partial charge is 0.493 e. The molecule has 0 aliphatic heterocycles. The van der Waals surface area contributed by atoms with Crippen molar-refractivity contribution in [2.24, 2.45) is 0 Å². The molecular weight excluding hydrogens is 486 g/mol. The number of hydrogen-bond acceptors (Lipinski definition) is 3. The molecule has 0 aromatic heterocycles. The Morgan fingerprint density at radius 3 is 1.82 bits per heavy atom.